The number of carbonyl (C=O) groups excluding carboxylic acids is 1. The first-order chi connectivity index (χ1) is 13.1. The lowest BCUT2D eigenvalue weighted by Crippen LogP contribution is -2.08. The molecule has 0 unspecified atom stereocenters. The highest BCUT2D eigenvalue weighted by Crippen LogP contribution is 2.28. The van der Waals surface area contributed by atoms with Crippen molar-refractivity contribution in [2.24, 2.45) is 0 Å². The number of ether oxygens (including phenoxy) is 2. The molecule has 0 bridgehead atoms. The topological polar surface area (TPSA) is 74.5 Å². The number of rotatable bonds is 5. The Morgan fingerprint density at radius 2 is 1.89 bits per heavy atom. The average Bonchev–Trinajstić information content (AvgIpc) is 3.35. The van der Waals surface area contributed by atoms with E-state index in [9.17, 15) is 4.79 Å². The third-order valence-corrected chi connectivity index (χ3v) is 5.13. The van der Waals surface area contributed by atoms with E-state index in [2.05, 4.69) is 10.2 Å². The van der Waals surface area contributed by atoms with Gasteiger partial charge < -0.3 is 13.9 Å². The largest absolute Gasteiger partial charge is 0.497 e. The van der Waals surface area contributed by atoms with Gasteiger partial charge in [0.2, 0.25) is 5.89 Å². The van der Waals surface area contributed by atoms with Gasteiger partial charge in [0.05, 0.1) is 7.11 Å². The lowest BCUT2D eigenvalue weighted by molar-refractivity contribution is 0.0286. The highest BCUT2D eigenvalue weighted by molar-refractivity contribution is 7.20. The van der Waals surface area contributed by atoms with Crippen LogP contribution in [0.25, 0.3) is 21.5 Å². The molecule has 4 rings (SSSR count). The first-order valence-corrected chi connectivity index (χ1v) is 9.13. The van der Waals surface area contributed by atoms with Crippen molar-refractivity contribution in [2.45, 2.75) is 13.0 Å². The molecule has 0 aliphatic heterocycles. The predicted molar refractivity (Wildman–Crippen MR) is 102 cm³/mol. The summed E-state index contributed by atoms with van der Waals surface area (Å²) in [5, 5.41) is 9.05. The number of methoxy groups -OCH3 is 1. The molecule has 0 saturated carbocycles. The van der Waals surface area contributed by atoms with Crippen LogP contribution in [-0.4, -0.2) is 23.3 Å². The summed E-state index contributed by atoms with van der Waals surface area (Å²) in [6.45, 7) is 1.70. The molecule has 136 valence electrons. The Morgan fingerprint density at radius 3 is 2.63 bits per heavy atom. The molecule has 0 fully saturated rings. The molecule has 0 spiro atoms. The monoisotopic (exact) mass is 380 g/mol. The second-order valence-electron chi connectivity index (χ2n) is 5.87. The second-order valence-corrected chi connectivity index (χ2v) is 6.95. The Kier molecular flexibility index (Phi) is 4.60. The molecule has 7 heteroatoms. The number of hydrogen-bond donors (Lipinski definition) is 0. The molecule has 0 radical (unpaired) electrons. The van der Waals surface area contributed by atoms with Gasteiger partial charge in [-0.1, -0.05) is 18.2 Å². The second kappa shape index (κ2) is 7.20. The Labute approximate surface area is 159 Å². The molecule has 0 aliphatic rings. The fourth-order valence-corrected chi connectivity index (χ4v) is 3.55. The van der Waals surface area contributed by atoms with Gasteiger partial charge in [-0.05, 0) is 48.7 Å². The zero-order valence-electron chi connectivity index (χ0n) is 14.7. The van der Waals surface area contributed by atoms with Crippen molar-refractivity contribution in [3.8, 4) is 17.2 Å². The summed E-state index contributed by atoms with van der Waals surface area (Å²) >= 11 is 1.40. The normalized spacial score (nSPS) is 12.1. The molecule has 2 aromatic carbocycles. The number of aromatic nitrogens is 2. The van der Waals surface area contributed by atoms with Crippen LogP contribution in [0.5, 0.6) is 5.75 Å². The molecule has 6 nitrogen and oxygen atoms in total. The fourth-order valence-electron chi connectivity index (χ4n) is 2.60. The van der Waals surface area contributed by atoms with Gasteiger partial charge in [0.15, 0.2) is 6.10 Å². The first-order valence-electron chi connectivity index (χ1n) is 8.31. The molecular weight excluding hydrogens is 364 g/mol. The van der Waals surface area contributed by atoms with E-state index in [1.54, 1.807) is 14.0 Å². The summed E-state index contributed by atoms with van der Waals surface area (Å²) in [6.07, 6.45) is -0.651. The van der Waals surface area contributed by atoms with E-state index in [0.717, 1.165) is 21.4 Å². The van der Waals surface area contributed by atoms with E-state index in [-0.39, 0.29) is 5.89 Å². The quantitative estimate of drug-likeness (QED) is 0.460. The number of nitrogens with zero attached hydrogens (tertiary/aromatic N) is 2. The van der Waals surface area contributed by atoms with Gasteiger partial charge in [0, 0.05) is 10.3 Å². The number of hydrogen-bond acceptors (Lipinski definition) is 7. The van der Waals surface area contributed by atoms with Crippen molar-refractivity contribution in [1.29, 1.82) is 0 Å². The van der Waals surface area contributed by atoms with Crippen molar-refractivity contribution < 1.29 is 18.7 Å². The molecular formula is C20H16N2O4S. The lowest BCUT2D eigenvalue weighted by atomic mass is 10.2. The molecule has 2 aromatic heterocycles. The molecule has 0 N–H and O–H groups in total. The summed E-state index contributed by atoms with van der Waals surface area (Å²) in [5.74, 6) is 0.935. The summed E-state index contributed by atoms with van der Waals surface area (Å²) in [4.78, 5) is 13.0. The number of carbonyl (C=O) groups is 1. The SMILES string of the molecule is COc1ccc(-c2nnc([C@@H](C)OC(=O)c3cc4ccccc4s3)o2)cc1. The minimum absolute atomic E-state index is 0.246. The third kappa shape index (κ3) is 3.54. The zero-order chi connectivity index (χ0) is 18.8. The molecule has 27 heavy (non-hydrogen) atoms. The van der Waals surface area contributed by atoms with Crippen molar-refractivity contribution in [3.05, 3.63) is 65.4 Å². The van der Waals surface area contributed by atoms with Crippen LogP contribution in [0.1, 0.15) is 28.6 Å². The van der Waals surface area contributed by atoms with Crippen molar-refractivity contribution in [1.82, 2.24) is 10.2 Å². The fraction of sp³-hybridized carbons (Fsp3) is 0.150. The number of esters is 1. The Bertz CT molecular complexity index is 1050. The maximum absolute atomic E-state index is 12.4. The summed E-state index contributed by atoms with van der Waals surface area (Å²) in [6, 6.07) is 16.9. The number of fused-ring (bicyclic) bond motifs is 1. The van der Waals surface area contributed by atoms with Crippen LogP contribution < -0.4 is 4.74 Å². The van der Waals surface area contributed by atoms with Gasteiger partial charge in [-0.25, -0.2) is 4.79 Å². The molecule has 0 aliphatic carbocycles. The van der Waals surface area contributed by atoms with Crippen molar-refractivity contribution in [3.63, 3.8) is 0 Å². The van der Waals surface area contributed by atoms with Crippen LogP contribution in [0.4, 0.5) is 0 Å². The highest BCUT2D eigenvalue weighted by atomic mass is 32.1. The van der Waals surface area contributed by atoms with E-state index < -0.39 is 12.1 Å². The summed E-state index contributed by atoms with van der Waals surface area (Å²) in [7, 11) is 1.60. The minimum Gasteiger partial charge on any atom is -0.497 e. The Hall–Kier alpha value is -3.19. The van der Waals surface area contributed by atoms with E-state index in [0.29, 0.717) is 10.8 Å². The summed E-state index contributed by atoms with van der Waals surface area (Å²) in [5.41, 5.74) is 0.762. The first kappa shape index (κ1) is 17.2. The van der Waals surface area contributed by atoms with Gasteiger partial charge in [0.25, 0.3) is 5.89 Å². The molecule has 2 heterocycles. The van der Waals surface area contributed by atoms with Gasteiger partial charge >= 0.3 is 5.97 Å². The van der Waals surface area contributed by atoms with Crippen LogP contribution >= 0.6 is 11.3 Å². The van der Waals surface area contributed by atoms with Crippen LogP contribution in [0, 0.1) is 0 Å². The van der Waals surface area contributed by atoms with Crippen molar-refractivity contribution >= 4 is 27.4 Å². The highest BCUT2D eigenvalue weighted by Gasteiger charge is 2.21. The van der Waals surface area contributed by atoms with Gasteiger partial charge in [0.1, 0.15) is 10.6 Å². The van der Waals surface area contributed by atoms with Gasteiger partial charge in [-0.2, -0.15) is 0 Å². The molecule has 4 aromatic rings. The van der Waals surface area contributed by atoms with E-state index >= 15 is 0 Å². The van der Waals surface area contributed by atoms with E-state index in [1.807, 2.05) is 54.6 Å². The standard InChI is InChI=1S/C20H16N2O4S/c1-12(25-20(23)17-11-14-5-3-4-6-16(14)27-17)18-21-22-19(26-18)13-7-9-15(24-2)10-8-13/h3-12H,1-2H3/t12-/m1/s1. The minimum atomic E-state index is -0.651. The van der Waals surface area contributed by atoms with Crippen molar-refractivity contribution in [2.75, 3.05) is 7.11 Å². The van der Waals surface area contributed by atoms with Gasteiger partial charge in [-0.3, -0.25) is 0 Å². The predicted octanol–water partition coefficient (Wildman–Crippen LogP) is 4.88. The van der Waals surface area contributed by atoms with Crippen LogP contribution in [-0.2, 0) is 4.74 Å². The zero-order valence-corrected chi connectivity index (χ0v) is 15.5. The average molecular weight is 380 g/mol. The maximum Gasteiger partial charge on any atom is 0.349 e. The number of thiophene rings is 1. The molecule has 0 saturated heterocycles. The molecule has 1 atom stereocenters. The molecule has 0 amide bonds. The lowest BCUT2D eigenvalue weighted by Gasteiger charge is -2.07. The van der Waals surface area contributed by atoms with Crippen LogP contribution in [0.2, 0.25) is 0 Å². The smallest absolute Gasteiger partial charge is 0.349 e. The van der Waals surface area contributed by atoms with Gasteiger partial charge in [-0.15, -0.1) is 21.5 Å². The summed E-state index contributed by atoms with van der Waals surface area (Å²) < 4.78 is 17.3. The Morgan fingerprint density at radius 1 is 1.11 bits per heavy atom. The Balaban J connectivity index is 1.48. The van der Waals surface area contributed by atoms with Crippen LogP contribution in [0.3, 0.4) is 0 Å². The van der Waals surface area contributed by atoms with Crippen LogP contribution in [0.15, 0.2) is 59.0 Å². The van der Waals surface area contributed by atoms with E-state index in [1.165, 1.54) is 11.3 Å². The van der Waals surface area contributed by atoms with E-state index in [4.69, 9.17) is 13.9 Å². The third-order valence-electron chi connectivity index (χ3n) is 4.04. The maximum atomic E-state index is 12.4. The number of benzene rings is 2.